The molecule has 0 bridgehead atoms. The van der Waals surface area contributed by atoms with Crippen LogP contribution in [-0.2, 0) is 4.74 Å². The third-order valence-corrected chi connectivity index (χ3v) is 4.33. The van der Waals surface area contributed by atoms with E-state index in [1.54, 1.807) is 0 Å². The molecule has 1 aromatic carbocycles. The third kappa shape index (κ3) is 2.32. The van der Waals surface area contributed by atoms with Crippen LogP contribution >= 0.6 is 0 Å². The maximum absolute atomic E-state index is 6.00. The molecule has 3 nitrogen and oxygen atoms in total. The number of likely N-dealkylation sites (N-methyl/N-ethyl adjacent to an activating group) is 1. The van der Waals surface area contributed by atoms with Crippen LogP contribution in [0.4, 0.5) is 0 Å². The van der Waals surface area contributed by atoms with Crippen LogP contribution in [0.25, 0.3) is 10.9 Å². The molecule has 1 saturated heterocycles. The average molecular weight is 270 g/mol. The second-order valence-electron chi connectivity index (χ2n) is 5.89. The summed E-state index contributed by atoms with van der Waals surface area (Å²) in [7, 11) is 2.01. The van der Waals surface area contributed by atoms with Crippen molar-refractivity contribution in [2.45, 2.75) is 38.3 Å². The van der Waals surface area contributed by atoms with Crippen molar-refractivity contribution in [2.75, 3.05) is 13.7 Å². The number of aryl methyl sites for hydroxylation is 1. The highest BCUT2D eigenvalue weighted by Gasteiger charge is 2.38. The van der Waals surface area contributed by atoms with Crippen LogP contribution in [0.2, 0.25) is 0 Å². The molecule has 0 amide bonds. The lowest BCUT2D eigenvalue weighted by molar-refractivity contribution is -0.0104. The first-order valence-electron chi connectivity index (χ1n) is 7.31. The molecular formula is C17H22N2O. The van der Waals surface area contributed by atoms with Gasteiger partial charge in [0.25, 0.3) is 0 Å². The predicted molar refractivity (Wildman–Crippen MR) is 81.9 cm³/mol. The van der Waals surface area contributed by atoms with Gasteiger partial charge in [0.2, 0.25) is 0 Å². The fourth-order valence-corrected chi connectivity index (χ4v) is 3.28. The zero-order valence-electron chi connectivity index (χ0n) is 12.4. The van der Waals surface area contributed by atoms with Crippen molar-refractivity contribution in [2.24, 2.45) is 0 Å². The standard InChI is InChI=1S/C17H22N2O/c1-12-5-6-13-11-14(7-8-15(13)19-12)16(18-3)17(2)9-4-10-20-17/h5-8,11,16,18H,4,9-10H2,1-3H3. The molecule has 1 fully saturated rings. The Balaban J connectivity index is 2.01. The molecule has 3 rings (SSSR count). The fraction of sp³-hybridized carbons (Fsp3) is 0.471. The summed E-state index contributed by atoms with van der Waals surface area (Å²) < 4.78 is 6.00. The van der Waals surface area contributed by atoms with Crippen LogP contribution in [0.5, 0.6) is 0 Å². The highest BCUT2D eigenvalue weighted by Crippen LogP contribution is 2.37. The zero-order chi connectivity index (χ0) is 14.2. The Morgan fingerprint density at radius 2 is 2.15 bits per heavy atom. The molecule has 0 radical (unpaired) electrons. The first-order valence-corrected chi connectivity index (χ1v) is 7.31. The summed E-state index contributed by atoms with van der Waals surface area (Å²) in [6, 6.07) is 10.9. The normalized spacial score (nSPS) is 24.1. The third-order valence-electron chi connectivity index (χ3n) is 4.33. The van der Waals surface area contributed by atoms with Crippen molar-refractivity contribution >= 4 is 10.9 Å². The van der Waals surface area contributed by atoms with Crippen molar-refractivity contribution < 1.29 is 4.74 Å². The van der Waals surface area contributed by atoms with E-state index in [4.69, 9.17) is 4.74 Å². The summed E-state index contributed by atoms with van der Waals surface area (Å²) in [4.78, 5) is 4.57. The van der Waals surface area contributed by atoms with Crippen molar-refractivity contribution in [1.82, 2.24) is 10.3 Å². The summed E-state index contributed by atoms with van der Waals surface area (Å²) in [6.07, 6.45) is 2.24. The Labute approximate surface area is 120 Å². The van der Waals surface area contributed by atoms with E-state index in [2.05, 4.69) is 47.6 Å². The molecular weight excluding hydrogens is 248 g/mol. The minimum absolute atomic E-state index is 0.111. The van der Waals surface area contributed by atoms with Gasteiger partial charge in [-0.05, 0) is 57.5 Å². The van der Waals surface area contributed by atoms with Crippen molar-refractivity contribution in [1.29, 1.82) is 0 Å². The van der Waals surface area contributed by atoms with Gasteiger partial charge in [0.15, 0.2) is 0 Å². The van der Waals surface area contributed by atoms with Gasteiger partial charge >= 0.3 is 0 Å². The molecule has 0 aliphatic carbocycles. The van der Waals surface area contributed by atoms with Gasteiger partial charge in [-0.25, -0.2) is 0 Å². The van der Waals surface area contributed by atoms with E-state index < -0.39 is 0 Å². The van der Waals surface area contributed by atoms with Gasteiger partial charge in [-0.3, -0.25) is 4.98 Å². The van der Waals surface area contributed by atoms with Gasteiger partial charge < -0.3 is 10.1 Å². The van der Waals surface area contributed by atoms with Gasteiger partial charge in [-0.15, -0.1) is 0 Å². The van der Waals surface area contributed by atoms with Crippen molar-refractivity contribution in [3.05, 3.63) is 41.6 Å². The van der Waals surface area contributed by atoms with E-state index in [1.807, 2.05) is 14.0 Å². The summed E-state index contributed by atoms with van der Waals surface area (Å²) in [5, 5.41) is 4.62. The lowest BCUT2D eigenvalue weighted by atomic mass is 9.87. The van der Waals surface area contributed by atoms with Crippen LogP contribution in [0.15, 0.2) is 30.3 Å². The lowest BCUT2D eigenvalue weighted by Gasteiger charge is -2.33. The minimum atomic E-state index is -0.111. The van der Waals surface area contributed by atoms with Gasteiger partial charge in [0.05, 0.1) is 17.2 Å². The number of pyridine rings is 1. The maximum atomic E-state index is 6.00. The smallest absolute Gasteiger partial charge is 0.0849 e. The fourth-order valence-electron chi connectivity index (χ4n) is 3.28. The number of nitrogens with one attached hydrogen (secondary N) is 1. The van der Waals surface area contributed by atoms with E-state index in [1.165, 1.54) is 10.9 Å². The summed E-state index contributed by atoms with van der Waals surface area (Å²) in [6.45, 7) is 5.10. The van der Waals surface area contributed by atoms with E-state index in [0.29, 0.717) is 0 Å². The highest BCUT2D eigenvalue weighted by molar-refractivity contribution is 5.79. The van der Waals surface area contributed by atoms with Crippen molar-refractivity contribution in [3.8, 4) is 0 Å². The Hall–Kier alpha value is -1.45. The van der Waals surface area contributed by atoms with Crippen molar-refractivity contribution in [3.63, 3.8) is 0 Å². The molecule has 0 saturated carbocycles. The van der Waals surface area contributed by atoms with Crippen LogP contribution in [0, 0.1) is 6.92 Å². The summed E-state index contributed by atoms with van der Waals surface area (Å²) >= 11 is 0. The zero-order valence-corrected chi connectivity index (χ0v) is 12.4. The molecule has 3 heteroatoms. The number of ether oxygens (including phenoxy) is 1. The number of benzene rings is 1. The van der Waals surface area contributed by atoms with E-state index in [0.717, 1.165) is 30.7 Å². The molecule has 2 heterocycles. The van der Waals surface area contributed by atoms with Crippen LogP contribution < -0.4 is 5.32 Å². The molecule has 2 atom stereocenters. The number of aromatic nitrogens is 1. The molecule has 1 aliphatic heterocycles. The van der Waals surface area contributed by atoms with Crippen LogP contribution in [0.1, 0.15) is 37.1 Å². The molecule has 20 heavy (non-hydrogen) atoms. The quantitative estimate of drug-likeness (QED) is 0.928. The molecule has 1 N–H and O–H groups in total. The monoisotopic (exact) mass is 270 g/mol. The van der Waals surface area contributed by atoms with Gasteiger partial charge in [-0.2, -0.15) is 0 Å². The summed E-state index contributed by atoms with van der Waals surface area (Å²) in [5.74, 6) is 0. The molecule has 1 aromatic heterocycles. The molecule has 2 aromatic rings. The number of hydrogen-bond acceptors (Lipinski definition) is 3. The van der Waals surface area contributed by atoms with E-state index >= 15 is 0 Å². The SMILES string of the molecule is CNC(c1ccc2nc(C)ccc2c1)C1(C)CCCO1. The summed E-state index contributed by atoms with van der Waals surface area (Å²) in [5.41, 5.74) is 3.28. The Kier molecular flexibility index (Phi) is 3.48. The second-order valence-corrected chi connectivity index (χ2v) is 5.89. The topological polar surface area (TPSA) is 34.2 Å². The van der Waals surface area contributed by atoms with Gasteiger partial charge in [0, 0.05) is 17.7 Å². The molecule has 0 spiro atoms. The first kappa shape index (κ1) is 13.5. The number of fused-ring (bicyclic) bond motifs is 1. The maximum Gasteiger partial charge on any atom is 0.0849 e. The van der Waals surface area contributed by atoms with Gasteiger partial charge in [0.1, 0.15) is 0 Å². The van der Waals surface area contributed by atoms with Crippen LogP contribution in [-0.4, -0.2) is 24.2 Å². The van der Waals surface area contributed by atoms with E-state index in [-0.39, 0.29) is 11.6 Å². The van der Waals surface area contributed by atoms with E-state index in [9.17, 15) is 0 Å². The molecule has 2 unspecified atom stereocenters. The lowest BCUT2D eigenvalue weighted by Crippen LogP contribution is -2.39. The first-order chi connectivity index (χ1) is 9.62. The average Bonchev–Trinajstić information content (AvgIpc) is 2.87. The Morgan fingerprint density at radius 1 is 1.30 bits per heavy atom. The second kappa shape index (κ2) is 5.15. The van der Waals surface area contributed by atoms with Crippen LogP contribution in [0.3, 0.4) is 0 Å². The molecule has 1 aliphatic rings. The number of rotatable bonds is 3. The highest BCUT2D eigenvalue weighted by atomic mass is 16.5. The Morgan fingerprint density at radius 3 is 2.85 bits per heavy atom. The van der Waals surface area contributed by atoms with Gasteiger partial charge in [-0.1, -0.05) is 12.1 Å². The largest absolute Gasteiger partial charge is 0.373 e. The minimum Gasteiger partial charge on any atom is -0.373 e. The number of hydrogen-bond donors (Lipinski definition) is 1. The Bertz CT molecular complexity index is 617. The number of nitrogens with zero attached hydrogens (tertiary/aromatic N) is 1. The predicted octanol–water partition coefficient (Wildman–Crippen LogP) is 3.37. The molecule has 106 valence electrons.